The Kier molecular flexibility index (Phi) is 3.86. The normalized spacial score (nSPS) is 12.6. The Morgan fingerprint density at radius 2 is 2.00 bits per heavy atom. The van der Waals surface area contributed by atoms with Crippen molar-refractivity contribution in [2.75, 3.05) is 5.75 Å². The third-order valence-electron chi connectivity index (χ3n) is 2.49. The molecule has 2 rings (SSSR count). The summed E-state index contributed by atoms with van der Waals surface area (Å²) in [5.41, 5.74) is 9.40. The van der Waals surface area contributed by atoms with Crippen LogP contribution in [0.3, 0.4) is 0 Å². The van der Waals surface area contributed by atoms with Gasteiger partial charge in [-0.2, -0.15) is 0 Å². The second-order valence-corrected chi connectivity index (χ2v) is 5.05. The molecule has 4 heteroatoms. The third-order valence-corrected chi connectivity index (χ3v) is 3.45. The second-order valence-electron chi connectivity index (χ2n) is 4.08. The van der Waals surface area contributed by atoms with Gasteiger partial charge >= 0.3 is 0 Å². The van der Waals surface area contributed by atoms with Gasteiger partial charge in [0.05, 0.1) is 5.69 Å². The molecule has 90 valence electrons. The Balaban J connectivity index is 1.93. The second kappa shape index (κ2) is 5.38. The highest BCUT2D eigenvalue weighted by atomic mass is 32.2. The molecule has 1 unspecified atom stereocenters. The lowest BCUT2D eigenvalue weighted by Crippen LogP contribution is -2.12. The van der Waals surface area contributed by atoms with Crippen molar-refractivity contribution in [1.29, 1.82) is 0 Å². The minimum atomic E-state index is 0.00723. The summed E-state index contributed by atoms with van der Waals surface area (Å²) in [5, 5.41) is 0.685. The molecular weight excluding hydrogens is 232 g/mol. The van der Waals surface area contributed by atoms with E-state index in [2.05, 4.69) is 36.2 Å². The molecule has 0 aliphatic rings. The van der Waals surface area contributed by atoms with Crippen molar-refractivity contribution < 1.29 is 4.42 Å². The van der Waals surface area contributed by atoms with E-state index in [-0.39, 0.29) is 6.04 Å². The maximum atomic E-state index is 6.11. The average molecular weight is 248 g/mol. The van der Waals surface area contributed by atoms with E-state index in [1.54, 1.807) is 18.0 Å². The molecule has 0 aliphatic heterocycles. The van der Waals surface area contributed by atoms with Crippen LogP contribution < -0.4 is 5.73 Å². The van der Waals surface area contributed by atoms with Gasteiger partial charge < -0.3 is 10.2 Å². The zero-order valence-corrected chi connectivity index (χ0v) is 10.8. The van der Waals surface area contributed by atoms with Crippen molar-refractivity contribution in [1.82, 2.24) is 4.98 Å². The maximum Gasteiger partial charge on any atom is 0.255 e. The molecule has 0 amide bonds. The molecule has 0 fully saturated rings. The first-order valence-corrected chi connectivity index (χ1v) is 6.51. The summed E-state index contributed by atoms with van der Waals surface area (Å²) in [6.07, 6.45) is 1.65. The number of rotatable bonds is 4. The van der Waals surface area contributed by atoms with Crippen molar-refractivity contribution in [2.24, 2.45) is 5.73 Å². The number of aryl methyl sites for hydroxylation is 2. The highest BCUT2D eigenvalue weighted by molar-refractivity contribution is 7.99. The van der Waals surface area contributed by atoms with E-state index in [0.29, 0.717) is 5.22 Å². The van der Waals surface area contributed by atoms with Gasteiger partial charge in [-0.15, -0.1) is 0 Å². The van der Waals surface area contributed by atoms with Crippen LogP contribution in [0, 0.1) is 13.8 Å². The van der Waals surface area contributed by atoms with E-state index in [1.165, 1.54) is 5.56 Å². The van der Waals surface area contributed by atoms with Crippen molar-refractivity contribution in [3.63, 3.8) is 0 Å². The summed E-state index contributed by atoms with van der Waals surface area (Å²) in [6, 6.07) is 8.31. The number of thioether (sulfide) groups is 1. The number of nitrogens with two attached hydrogens (primary N) is 1. The van der Waals surface area contributed by atoms with Crippen molar-refractivity contribution in [2.45, 2.75) is 25.1 Å². The van der Waals surface area contributed by atoms with E-state index in [9.17, 15) is 0 Å². The average Bonchev–Trinajstić information content (AvgIpc) is 2.73. The van der Waals surface area contributed by atoms with Gasteiger partial charge in [-0.1, -0.05) is 41.6 Å². The minimum absolute atomic E-state index is 0.00723. The number of hydrogen-bond acceptors (Lipinski definition) is 4. The smallest absolute Gasteiger partial charge is 0.255 e. The highest BCUT2D eigenvalue weighted by Gasteiger charge is 2.09. The Labute approximate surface area is 105 Å². The lowest BCUT2D eigenvalue weighted by molar-refractivity contribution is 0.453. The summed E-state index contributed by atoms with van der Waals surface area (Å²) < 4.78 is 5.27. The molecular formula is C13H16N2OS. The minimum Gasteiger partial charge on any atom is -0.440 e. The largest absolute Gasteiger partial charge is 0.440 e. The number of nitrogens with zero attached hydrogens (tertiary/aromatic N) is 1. The molecule has 0 radical (unpaired) electrons. The van der Waals surface area contributed by atoms with Crippen LogP contribution in [-0.2, 0) is 0 Å². The molecule has 1 atom stereocenters. The summed E-state index contributed by atoms with van der Waals surface area (Å²) in [5.74, 6) is 0.767. The summed E-state index contributed by atoms with van der Waals surface area (Å²) in [4.78, 5) is 4.23. The summed E-state index contributed by atoms with van der Waals surface area (Å²) in [7, 11) is 0. The monoisotopic (exact) mass is 248 g/mol. The van der Waals surface area contributed by atoms with E-state index in [1.807, 2.05) is 6.92 Å². The molecule has 0 saturated heterocycles. The van der Waals surface area contributed by atoms with Crippen LogP contribution in [0.5, 0.6) is 0 Å². The fourth-order valence-corrected chi connectivity index (χ4v) is 2.31. The molecule has 1 aromatic heterocycles. The zero-order chi connectivity index (χ0) is 12.3. The molecule has 2 N–H and O–H groups in total. The van der Waals surface area contributed by atoms with Crippen molar-refractivity contribution >= 4 is 11.8 Å². The lowest BCUT2D eigenvalue weighted by atomic mass is 10.1. The van der Waals surface area contributed by atoms with Gasteiger partial charge in [0.1, 0.15) is 6.26 Å². The van der Waals surface area contributed by atoms with E-state index >= 15 is 0 Å². The van der Waals surface area contributed by atoms with E-state index < -0.39 is 0 Å². The molecule has 17 heavy (non-hydrogen) atoms. The number of benzene rings is 1. The first-order valence-electron chi connectivity index (χ1n) is 5.52. The van der Waals surface area contributed by atoms with Crippen LogP contribution in [0.15, 0.2) is 40.2 Å². The van der Waals surface area contributed by atoms with Gasteiger partial charge in [-0.3, -0.25) is 0 Å². The first-order chi connectivity index (χ1) is 8.15. The van der Waals surface area contributed by atoms with Gasteiger partial charge in [0.2, 0.25) is 0 Å². The van der Waals surface area contributed by atoms with Gasteiger partial charge in [0, 0.05) is 11.8 Å². The molecule has 0 spiro atoms. The van der Waals surface area contributed by atoms with Gasteiger partial charge in [0.25, 0.3) is 5.22 Å². The number of aromatic nitrogens is 1. The van der Waals surface area contributed by atoms with Gasteiger partial charge in [-0.25, -0.2) is 4.98 Å². The summed E-state index contributed by atoms with van der Waals surface area (Å²) in [6.45, 7) is 3.98. The van der Waals surface area contributed by atoms with Crippen molar-refractivity contribution in [3.8, 4) is 0 Å². The predicted molar refractivity (Wildman–Crippen MR) is 70.1 cm³/mol. The molecule has 3 nitrogen and oxygen atoms in total. The Hall–Kier alpha value is -1.26. The molecule has 0 saturated carbocycles. The molecule has 0 aliphatic carbocycles. The molecule has 1 heterocycles. The quantitative estimate of drug-likeness (QED) is 0.845. The maximum absolute atomic E-state index is 6.11. The first kappa shape index (κ1) is 12.2. The lowest BCUT2D eigenvalue weighted by Gasteiger charge is -2.10. The third kappa shape index (κ3) is 3.35. The molecule has 0 bridgehead atoms. The highest BCUT2D eigenvalue weighted by Crippen LogP contribution is 2.22. The van der Waals surface area contributed by atoms with Gasteiger partial charge in [0.15, 0.2) is 0 Å². The van der Waals surface area contributed by atoms with Crippen LogP contribution in [0.1, 0.15) is 22.9 Å². The van der Waals surface area contributed by atoms with Crippen LogP contribution in [0.25, 0.3) is 0 Å². The van der Waals surface area contributed by atoms with Crippen LogP contribution in [0.2, 0.25) is 0 Å². The Morgan fingerprint density at radius 1 is 1.29 bits per heavy atom. The molecule has 1 aromatic carbocycles. The topological polar surface area (TPSA) is 52.0 Å². The summed E-state index contributed by atoms with van der Waals surface area (Å²) >= 11 is 1.55. The van der Waals surface area contributed by atoms with Crippen LogP contribution in [-0.4, -0.2) is 10.7 Å². The van der Waals surface area contributed by atoms with Crippen LogP contribution >= 0.6 is 11.8 Å². The fourth-order valence-electron chi connectivity index (χ4n) is 1.47. The predicted octanol–water partition coefficient (Wildman–Crippen LogP) is 3.08. The Bertz CT molecular complexity index is 478. The SMILES string of the molecule is Cc1ccc(C(N)CSc2nc(C)co2)cc1. The zero-order valence-electron chi connectivity index (χ0n) is 10.0. The van der Waals surface area contributed by atoms with Crippen LogP contribution in [0.4, 0.5) is 0 Å². The Morgan fingerprint density at radius 3 is 2.59 bits per heavy atom. The number of oxazole rings is 1. The van der Waals surface area contributed by atoms with E-state index in [0.717, 1.165) is 17.0 Å². The van der Waals surface area contributed by atoms with Crippen molar-refractivity contribution in [3.05, 3.63) is 47.3 Å². The standard InChI is InChI=1S/C13H16N2OS/c1-9-3-5-11(6-4-9)12(14)8-17-13-15-10(2)7-16-13/h3-7,12H,8,14H2,1-2H3. The molecule has 2 aromatic rings. The fraction of sp³-hybridized carbons (Fsp3) is 0.308. The number of hydrogen-bond donors (Lipinski definition) is 1. The van der Waals surface area contributed by atoms with Gasteiger partial charge in [-0.05, 0) is 19.4 Å². The van der Waals surface area contributed by atoms with E-state index in [4.69, 9.17) is 10.2 Å².